The maximum Gasteiger partial charge on any atom is 0.211 e. The summed E-state index contributed by atoms with van der Waals surface area (Å²) in [6, 6.07) is 8.32. The molecule has 9 heteroatoms. The number of halogens is 1. The molecule has 0 bridgehead atoms. The van der Waals surface area contributed by atoms with Crippen molar-refractivity contribution in [2.45, 2.75) is 33.3 Å². The molecule has 1 aromatic rings. The average molecular weight is 538 g/mol. The molecule has 7 nitrogen and oxygen atoms in total. The van der Waals surface area contributed by atoms with Gasteiger partial charge in [0.25, 0.3) is 0 Å². The van der Waals surface area contributed by atoms with Gasteiger partial charge in [0.15, 0.2) is 5.96 Å². The summed E-state index contributed by atoms with van der Waals surface area (Å²) in [5.74, 6) is 0.867. The number of aliphatic imine (C=N–C) groups is 1. The van der Waals surface area contributed by atoms with Crippen LogP contribution in [0.2, 0.25) is 0 Å². The van der Waals surface area contributed by atoms with Crippen LogP contribution in [0.3, 0.4) is 0 Å². The van der Waals surface area contributed by atoms with E-state index in [1.54, 1.807) is 0 Å². The van der Waals surface area contributed by atoms with E-state index in [1.807, 2.05) is 19.1 Å². The van der Waals surface area contributed by atoms with E-state index < -0.39 is 10.0 Å². The normalized spacial score (nSPS) is 17.9. The molecule has 1 unspecified atom stereocenters. The second-order valence-electron chi connectivity index (χ2n) is 7.01. The second-order valence-corrected chi connectivity index (χ2v) is 8.99. The maximum atomic E-state index is 11.7. The highest BCUT2D eigenvalue weighted by molar-refractivity contribution is 14.0. The molecule has 1 atom stereocenters. The van der Waals surface area contributed by atoms with Crippen LogP contribution in [0.1, 0.15) is 37.5 Å². The molecule has 1 N–H and O–H groups in total. The Kier molecular flexibility index (Phi) is 11.4. The number of hydrogen-bond acceptors (Lipinski definition) is 4. The Hall–Kier alpha value is -0.910. The molecule has 1 aromatic carbocycles. The number of aryl methyl sites for hydroxylation is 1. The quantitative estimate of drug-likeness (QED) is 0.239. The molecular formula is C20H35IN4O3S. The van der Waals surface area contributed by atoms with Crippen molar-refractivity contribution < 1.29 is 13.2 Å². The lowest BCUT2D eigenvalue weighted by molar-refractivity contribution is -0.00832. The van der Waals surface area contributed by atoms with Crippen molar-refractivity contribution >= 4 is 40.0 Å². The molecule has 0 saturated carbocycles. The number of hydrogen-bond donors (Lipinski definition) is 1. The van der Waals surface area contributed by atoms with Gasteiger partial charge >= 0.3 is 0 Å². The zero-order chi connectivity index (χ0) is 20.6. The van der Waals surface area contributed by atoms with Crippen LogP contribution >= 0.6 is 24.0 Å². The molecule has 0 spiro atoms. The Morgan fingerprint density at radius 1 is 1.34 bits per heavy atom. The smallest absolute Gasteiger partial charge is 0.211 e. The van der Waals surface area contributed by atoms with Crippen LogP contribution in [-0.4, -0.2) is 75.7 Å². The molecule has 166 valence electrons. The van der Waals surface area contributed by atoms with Gasteiger partial charge in [-0.15, -0.1) is 24.0 Å². The van der Waals surface area contributed by atoms with Gasteiger partial charge in [0, 0.05) is 32.7 Å². The van der Waals surface area contributed by atoms with Crippen molar-refractivity contribution in [1.29, 1.82) is 0 Å². The lowest BCUT2D eigenvalue weighted by atomic mass is 10.0. The van der Waals surface area contributed by atoms with Gasteiger partial charge in [0.1, 0.15) is 6.10 Å². The van der Waals surface area contributed by atoms with E-state index in [9.17, 15) is 8.42 Å². The first-order valence-electron chi connectivity index (χ1n) is 10.0. The van der Waals surface area contributed by atoms with Gasteiger partial charge in [0.05, 0.1) is 19.4 Å². The number of rotatable bonds is 8. The summed E-state index contributed by atoms with van der Waals surface area (Å²) >= 11 is 0. The van der Waals surface area contributed by atoms with Gasteiger partial charge in [-0.2, -0.15) is 0 Å². The zero-order valence-electron chi connectivity index (χ0n) is 17.9. The average Bonchev–Trinajstić information content (AvgIpc) is 2.66. The van der Waals surface area contributed by atoms with E-state index in [1.165, 1.54) is 21.7 Å². The molecule has 1 saturated heterocycles. The molecular weight excluding hydrogens is 503 g/mol. The minimum absolute atomic E-state index is 0. The van der Waals surface area contributed by atoms with Crippen molar-refractivity contribution in [2.75, 3.05) is 52.1 Å². The molecule has 29 heavy (non-hydrogen) atoms. The highest BCUT2D eigenvalue weighted by Gasteiger charge is 2.25. The van der Waals surface area contributed by atoms with Crippen molar-refractivity contribution in [3.8, 4) is 0 Å². The van der Waals surface area contributed by atoms with E-state index in [4.69, 9.17) is 9.73 Å². The van der Waals surface area contributed by atoms with Crippen LogP contribution in [0.25, 0.3) is 0 Å². The molecule has 0 radical (unpaired) electrons. The summed E-state index contributed by atoms with van der Waals surface area (Å²) in [4.78, 5) is 6.96. The summed E-state index contributed by atoms with van der Waals surface area (Å²) in [5.41, 5.74) is 2.45. The number of nitrogens with zero attached hydrogens (tertiary/aromatic N) is 3. The van der Waals surface area contributed by atoms with E-state index in [-0.39, 0.29) is 30.1 Å². The van der Waals surface area contributed by atoms with E-state index >= 15 is 0 Å². The first-order chi connectivity index (χ1) is 13.4. The summed E-state index contributed by atoms with van der Waals surface area (Å²) in [5, 5.41) is 3.36. The molecule has 1 aliphatic heterocycles. The van der Waals surface area contributed by atoms with Gasteiger partial charge in [0.2, 0.25) is 10.0 Å². The van der Waals surface area contributed by atoms with Crippen LogP contribution in [-0.2, 0) is 14.8 Å². The van der Waals surface area contributed by atoms with Gasteiger partial charge < -0.3 is 15.0 Å². The summed E-state index contributed by atoms with van der Waals surface area (Å²) in [7, 11) is -3.15. The third kappa shape index (κ3) is 8.03. The van der Waals surface area contributed by atoms with Gasteiger partial charge in [-0.05, 0) is 31.4 Å². The predicted octanol–water partition coefficient (Wildman–Crippen LogP) is 2.62. The SMILES string of the molecule is CCNC(=NCCCN(CC)S(C)(=O)=O)N1CCOC(c2ccccc2C)C1.I. The lowest BCUT2D eigenvalue weighted by Gasteiger charge is -2.35. The van der Waals surface area contributed by atoms with Crippen LogP contribution in [0.5, 0.6) is 0 Å². The summed E-state index contributed by atoms with van der Waals surface area (Å²) in [6.07, 6.45) is 1.98. The second kappa shape index (κ2) is 12.7. The molecule has 0 aromatic heterocycles. The predicted molar refractivity (Wildman–Crippen MR) is 130 cm³/mol. The summed E-state index contributed by atoms with van der Waals surface area (Å²) < 4.78 is 30.9. The standard InChI is InChI=1S/C20H34N4O3S.HI/c1-5-21-20(22-12-9-13-24(6-2)28(4,25)26)23-14-15-27-19(16-23)18-11-8-7-10-17(18)3;/h7-8,10-11,19H,5-6,9,12-16H2,1-4H3,(H,21,22);1H. The minimum Gasteiger partial charge on any atom is -0.370 e. The zero-order valence-corrected chi connectivity index (χ0v) is 21.1. The first-order valence-corrected chi connectivity index (χ1v) is 11.9. The Labute approximate surface area is 193 Å². The van der Waals surface area contributed by atoms with Crippen LogP contribution < -0.4 is 5.32 Å². The summed E-state index contributed by atoms with van der Waals surface area (Å²) in [6.45, 7) is 10.6. The van der Waals surface area contributed by atoms with Gasteiger partial charge in [-0.25, -0.2) is 12.7 Å². The highest BCUT2D eigenvalue weighted by atomic mass is 127. The number of sulfonamides is 1. The molecule has 0 aliphatic carbocycles. The van der Waals surface area contributed by atoms with E-state index in [0.717, 1.165) is 25.6 Å². The Morgan fingerprint density at radius 3 is 2.69 bits per heavy atom. The van der Waals surface area contributed by atoms with Crippen molar-refractivity contribution in [1.82, 2.24) is 14.5 Å². The van der Waals surface area contributed by atoms with Crippen LogP contribution in [0, 0.1) is 6.92 Å². The number of nitrogens with one attached hydrogen (secondary N) is 1. The van der Waals surface area contributed by atoms with E-state index in [0.29, 0.717) is 32.7 Å². The molecule has 1 aliphatic rings. The maximum absolute atomic E-state index is 11.7. The minimum atomic E-state index is -3.15. The largest absolute Gasteiger partial charge is 0.370 e. The number of morpholine rings is 1. The van der Waals surface area contributed by atoms with Gasteiger partial charge in [-0.3, -0.25) is 4.99 Å². The van der Waals surface area contributed by atoms with Crippen LogP contribution in [0.4, 0.5) is 0 Å². The topological polar surface area (TPSA) is 74.2 Å². The molecule has 2 rings (SSSR count). The fourth-order valence-corrected chi connectivity index (χ4v) is 4.32. The monoisotopic (exact) mass is 538 g/mol. The third-order valence-electron chi connectivity index (χ3n) is 4.89. The number of ether oxygens (including phenoxy) is 1. The lowest BCUT2D eigenvalue weighted by Crippen LogP contribution is -2.48. The van der Waals surface area contributed by atoms with Crippen molar-refractivity contribution in [3.05, 3.63) is 35.4 Å². The Balaban J connectivity index is 0.00000420. The van der Waals surface area contributed by atoms with Crippen molar-refractivity contribution in [2.24, 2.45) is 4.99 Å². The number of guanidine groups is 1. The fraction of sp³-hybridized carbons (Fsp3) is 0.650. The number of benzene rings is 1. The van der Waals surface area contributed by atoms with Crippen molar-refractivity contribution in [3.63, 3.8) is 0 Å². The highest BCUT2D eigenvalue weighted by Crippen LogP contribution is 2.25. The fourth-order valence-electron chi connectivity index (χ4n) is 3.39. The molecule has 1 heterocycles. The molecule has 1 fully saturated rings. The van der Waals surface area contributed by atoms with Gasteiger partial charge in [-0.1, -0.05) is 31.2 Å². The van der Waals surface area contributed by atoms with Crippen LogP contribution in [0.15, 0.2) is 29.3 Å². The first kappa shape index (κ1) is 26.1. The molecule has 0 amide bonds. The third-order valence-corrected chi connectivity index (χ3v) is 6.26. The Morgan fingerprint density at radius 2 is 2.07 bits per heavy atom. The Bertz CT molecular complexity index is 758. The van der Waals surface area contributed by atoms with E-state index in [2.05, 4.69) is 36.2 Å².